The Bertz CT molecular complexity index is 1140. The quantitative estimate of drug-likeness (QED) is 0.0873. The molecule has 41 heavy (non-hydrogen) atoms. The van der Waals surface area contributed by atoms with Gasteiger partial charge in [-0.2, -0.15) is 0 Å². The van der Waals surface area contributed by atoms with Gasteiger partial charge in [-0.3, -0.25) is 0 Å². The molecule has 0 aromatic heterocycles. The molecule has 3 rings (SSSR count). The van der Waals surface area contributed by atoms with Gasteiger partial charge in [0.1, 0.15) is 11.5 Å². The third kappa shape index (κ3) is 10.9. The lowest BCUT2D eigenvalue weighted by Gasteiger charge is -2.17. The molecule has 0 fully saturated rings. The van der Waals surface area contributed by atoms with Gasteiger partial charge in [-0.05, 0) is 79.3 Å². The van der Waals surface area contributed by atoms with Crippen LogP contribution in [-0.4, -0.2) is 31.7 Å². The molecule has 0 radical (unpaired) electrons. The van der Waals surface area contributed by atoms with Gasteiger partial charge in [-0.1, -0.05) is 82.3 Å². The second-order valence-electron chi connectivity index (χ2n) is 10.6. The minimum atomic E-state index is -2.54. The summed E-state index contributed by atoms with van der Waals surface area (Å²) in [7, 11) is 0. The van der Waals surface area contributed by atoms with Crippen molar-refractivity contribution in [2.45, 2.75) is 90.6 Å². The van der Waals surface area contributed by atoms with Gasteiger partial charge in [0.25, 0.3) is 0 Å². The molecule has 3 aromatic carbocycles. The maximum absolute atomic E-state index is 13.6. The first-order valence-electron chi connectivity index (χ1n) is 15.0. The summed E-state index contributed by atoms with van der Waals surface area (Å²) >= 11 is 0. The monoisotopic (exact) mass is 566 g/mol. The fourth-order valence-electron chi connectivity index (χ4n) is 4.57. The summed E-state index contributed by atoms with van der Waals surface area (Å²) < 4.78 is 44.1. The number of esters is 1. The van der Waals surface area contributed by atoms with Gasteiger partial charge in [0.15, 0.2) is 0 Å². The summed E-state index contributed by atoms with van der Waals surface area (Å²) in [5.41, 5.74) is 2.85. The minimum Gasteiger partial charge on any atom is -0.491 e. The maximum atomic E-state index is 13.6. The largest absolute Gasteiger partial charge is 0.491 e. The van der Waals surface area contributed by atoms with Crippen molar-refractivity contribution < 1.29 is 27.8 Å². The molecule has 0 saturated heterocycles. The summed E-state index contributed by atoms with van der Waals surface area (Å²) in [6.07, 6.45) is 6.77. The summed E-state index contributed by atoms with van der Waals surface area (Å²) in [4.78, 5) is 12.7. The number of alkyl halides is 2. The van der Waals surface area contributed by atoms with Crippen LogP contribution in [0.4, 0.5) is 8.78 Å². The van der Waals surface area contributed by atoms with Crippen molar-refractivity contribution in [3.05, 3.63) is 83.9 Å². The number of unbranched alkanes of at least 4 members (excludes halogenated alkanes) is 5. The lowest BCUT2D eigenvalue weighted by Crippen LogP contribution is -2.16. The average Bonchev–Trinajstić information content (AvgIpc) is 2.98. The molecule has 0 aliphatic rings. The van der Waals surface area contributed by atoms with Gasteiger partial charge in [0.2, 0.25) is 6.43 Å². The standard InChI is InChI=1S/C35H44F2O4/c1-4-6-8-9-10-11-26(3)40-31-20-16-28(17-21-31)27-12-14-30(15-13-27)35(38)41-32-22-18-29(19-23-32)33(34(36)37)25-39-24-7-5-2/h12-23,26,33-34H,4-11,24-25H2,1-3H3/t26?,33-/m1/s1. The molecule has 0 heterocycles. The molecule has 4 nitrogen and oxygen atoms in total. The molecule has 222 valence electrons. The van der Waals surface area contributed by atoms with Gasteiger partial charge in [-0.15, -0.1) is 0 Å². The molecule has 6 heteroatoms. The molecule has 0 N–H and O–H groups in total. The Morgan fingerprint density at radius 2 is 1.32 bits per heavy atom. The van der Waals surface area contributed by atoms with Gasteiger partial charge in [0, 0.05) is 6.61 Å². The summed E-state index contributed by atoms with van der Waals surface area (Å²) in [5, 5.41) is 0. The van der Waals surface area contributed by atoms with Gasteiger partial charge in [-0.25, -0.2) is 13.6 Å². The highest BCUT2D eigenvalue weighted by Gasteiger charge is 2.23. The van der Waals surface area contributed by atoms with E-state index in [1.807, 2.05) is 43.3 Å². The zero-order valence-electron chi connectivity index (χ0n) is 24.6. The van der Waals surface area contributed by atoms with Crippen LogP contribution in [0.1, 0.15) is 94.0 Å². The van der Waals surface area contributed by atoms with Gasteiger partial charge >= 0.3 is 5.97 Å². The maximum Gasteiger partial charge on any atom is 0.343 e. The number of hydrogen-bond acceptors (Lipinski definition) is 4. The van der Waals surface area contributed by atoms with Crippen molar-refractivity contribution in [2.24, 2.45) is 0 Å². The number of rotatable bonds is 18. The van der Waals surface area contributed by atoms with Crippen molar-refractivity contribution in [1.29, 1.82) is 0 Å². The molecule has 1 unspecified atom stereocenters. The third-order valence-corrected chi connectivity index (χ3v) is 7.12. The topological polar surface area (TPSA) is 44.8 Å². The van der Waals surface area contributed by atoms with Crippen LogP contribution in [0.3, 0.4) is 0 Å². The van der Waals surface area contributed by atoms with Crippen molar-refractivity contribution in [2.75, 3.05) is 13.2 Å². The highest BCUT2D eigenvalue weighted by atomic mass is 19.3. The van der Waals surface area contributed by atoms with Crippen molar-refractivity contribution in [3.8, 4) is 22.6 Å². The first kappa shape index (κ1) is 32.3. The SMILES string of the molecule is CCCCCCCC(C)Oc1ccc(-c2ccc(C(=O)Oc3ccc([C@@H](COCCCC)C(F)F)cc3)cc2)cc1. The van der Waals surface area contributed by atoms with E-state index in [0.29, 0.717) is 23.5 Å². The van der Waals surface area contributed by atoms with Gasteiger partial charge < -0.3 is 14.2 Å². The lowest BCUT2D eigenvalue weighted by molar-refractivity contribution is 0.0425. The molecule has 0 spiro atoms. The highest BCUT2D eigenvalue weighted by molar-refractivity contribution is 5.91. The van der Waals surface area contributed by atoms with Crippen LogP contribution in [0.2, 0.25) is 0 Å². The van der Waals surface area contributed by atoms with Crippen LogP contribution in [0.5, 0.6) is 11.5 Å². The van der Waals surface area contributed by atoms with E-state index in [1.165, 1.54) is 32.1 Å². The molecule has 3 aromatic rings. The second kappa shape index (κ2) is 17.5. The van der Waals surface area contributed by atoms with Crippen LogP contribution in [0.15, 0.2) is 72.8 Å². The predicted octanol–water partition coefficient (Wildman–Crippen LogP) is 9.87. The lowest BCUT2D eigenvalue weighted by atomic mass is 10.0. The molecule has 0 saturated carbocycles. The first-order chi connectivity index (χ1) is 19.9. The molecular weight excluding hydrogens is 522 g/mol. The normalized spacial score (nSPS) is 12.7. The Labute approximate surface area is 244 Å². The van der Waals surface area contributed by atoms with Crippen molar-refractivity contribution in [1.82, 2.24) is 0 Å². The van der Waals surface area contributed by atoms with Crippen LogP contribution < -0.4 is 9.47 Å². The Kier molecular flexibility index (Phi) is 13.8. The number of hydrogen-bond donors (Lipinski definition) is 0. The predicted molar refractivity (Wildman–Crippen MR) is 161 cm³/mol. The van der Waals surface area contributed by atoms with E-state index in [9.17, 15) is 13.6 Å². The number of ether oxygens (including phenoxy) is 3. The molecule has 2 atom stereocenters. The van der Waals surface area contributed by atoms with E-state index in [0.717, 1.165) is 36.1 Å². The smallest absolute Gasteiger partial charge is 0.343 e. The molecule has 0 bridgehead atoms. The third-order valence-electron chi connectivity index (χ3n) is 7.12. The Morgan fingerprint density at radius 1 is 0.732 bits per heavy atom. The van der Waals surface area contributed by atoms with Crippen molar-refractivity contribution in [3.63, 3.8) is 0 Å². The van der Waals surface area contributed by atoms with E-state index in [2.05, 4.69) is 13.8 Å². The molecule has 0 aliphatic heterocycles. The van der Waals surface area contributed by atoms with E-state index in [4.69, 9.17) is 14.2 Å². The van der Waals surface area contributed by atoms with E-state index in [-0.39, 0.29) is 12.7 Å². The Hall–Kier alpha value is -3.25. The van der Waals surface area contributed by atoms with Crippen LogP contribution >= 0.6 is 0 Å². The Morgan fingerprint density at radius 3 is 1.93 bits per heavy atom. The summed E-state index contributed by atoms with van der Waals surface area (Å²) in [6, 6.07) is 21.4. The fourth-order valence-corrected chi connectivity index (χ4v) is 4.57. The van der Waals surface area contributed by atoms with Gasteiger partial charge in [0.05, 0.1) is 24.2 Å². The Balaban J connectivity index is 1.51. The van der Waals surface area contributed by atoms with Crippen LogP contribution in [-0.2, 0) is 4.74 Å². The molecule has 0 amide bonds. The van der Waals surface area contributed by atoms with Crippen LogP contribution in [0, 0.1) is 0 Å². The summed E-state index contributed by atoms with van der Waals surface area (Å²) in [5.74, 6) is -0.378. The second-order valence-corrected chi connectivity index (χ2v) is 10.6. The molecular formula is C35H44F2O4. The van der Waals surface area contributed by atoms with E-state index in [1.54, 1.807) is 36.4 Å². The first-order valence-corrected chi connectivity index (χ1v) is 15.0. The fraction of sp³-hybridized carbons (Fsp3) is 0.457. The average molecular weight is 567 g/mol. The minimum absolute atomic E-state index is 0.0444. The number of carbonyl (C=O) groups is 1. The number of benzene rings is 3. The van der Waals surface area contributed by atoms with Crippen LogP contribution in [0.25, 0.3) is 11.1 Å². The number of halogens is 2. The summed E-state index contributed by atoms with van der Waals surface area (Å²) in [6.45, 7) is 6.78. The van der Waals surface area contributed by atoms with E-state index < -0.39 is 18.3 Å². The highest BCUT2D eigenvalue weighted by Crippen LogP contribution is 2.27. The number of carbonyl (C=O) groups excluding carboxylic acids is 1. The molecule has 0 aliphatic carbocycles. The zero-order chi connectivity index (χ0) is 29.5. The zero-order valence-corrected chi connectivity index (χ0v) is 24.6. The van der Waals surface area contributed by atoms with E-state index >= 15 is 0 Å². The van der Waals surface area contributed by atoms with Crippen molar-refractivity contribution >= 4 is 5.97 Å².